The van der Waals surface area contributed by atoms with Gasteiger partial charge in [-0.15, -0.1) is 0 Å². The Bertz CT molecular complexity index is 1250. The predicted molar refractivity (Wildman–Crippen MR) is 133 cm³/mol. The van der Waals surface area contributed by atoms with Crippen molar-refractivity contribution in [2.75, 3.05) is 12.4 Å². The summed E-state index contributed by atoms with van der Waals surface area (Å²) < 4.78 is 6.53. The van der Waals surface area contributed by atoms with Crippen LogP contribution in [0.4, 0.5) is 5.69 Å². The Labute approximate surface area is 205 Å². The molecule has 4 nitrogen and oxygen atoms in total. The van der Waals surface area contributed by atoms with E-state index in [2.05, 4.69) is 21.2 Å². The van der Waals surface area contributed by atoms with E-state index in [0.29, 0.717) is 33.5 Å². The Morgan fingerprint density at radius 3 is 2.62 bits per heavy atom. The molecule has 3 aromatic carbocycles. The van der Waals surface area contributed by atoms with Gasteiger partial charge in [-0.05, 0) is 60.0 Å². The Hall–Kier alpha value is -2.78. The van der Waals surface area contributed by atoms with E-state index in [1.54, 1.807) is 37.4 Å². The minimum Gasteiger partial charge on any atom is -0.496 e. The maximum atomic E-state index is 12.7. The molecule has 0 bridgehead atoms. The largest absolute Gasteiger partial charge is 0.496 e. The third-order valence-corrected chi connectivity index (χ3v) is 6.19. The number of halogens is 3. The average Bonchev–Trinajstić information content (AvgIpc) is 2.77. The maximum Gasteiger partial charge on any atom is 0.266 e. The fraction of sp³-hybridized carbons (Fsp3) is 0.120. The Morgan fingerprint density at radius 1 is 1.19 bits per heavy atom. The fourth-order valence-corrected chi connectivity index (χ4v) is 4.02. The van der Waals surface area contributed by atoms with Crippen molar-refractivity contribution >= 4 is 56.8 Å². The highest BCUT2D eigenvalue weighted by atomic mass is 79.9. The summed E-state index contributed by atoms with van der Waals surface area (Å²) in [6.07, 6.45) is 2.04. The number of methoxy groups -OCH3 is 1. The zero-order valence-electron chi connectivity index (χ0n) is 17.4. The second-order valence-corrected chi connectivity index (χ2v) is 8.73. The van der Waals surface area contributed by atoms with E-state index in [9.17, 15) is 10.1 Å². The van der Waals surface area contributed by atoms with Crippen LogP contribution in [-0.4, -0.2) is 13.0 Å². The number of hydrogen-bond donors (Lipinski definition) is 1. The molecule has 0 unspecified atom stereocenters. The molecule has 0 saturated heterocycles. The number of benzene rings is 3. The second-order valence-electron chi connectivity index (χ2n) is 7.03. The number of rotatable bonds is 6. The van der Waals surface area contributed by atoms with E-state index < -0.39 is 5.91 Å². The minimum absolute atomic E-state index is 0.0685. The molecule has 0 heterocycles. The van der Waals surface area contributed by atoms with Crippen LogP contribution in [0.5, 0.6) is 5.75 Å². The first kappa shape index (κ1) is 23.9. The van der Waals surface area contributed by atoms with Crippen molar-refractivity contribution in [1.29, 1.82) is 5.26 Å². The number of carbonyl (C=O) groups excluding carboxylic acids is 1. The van der Waals surface area contributed by atoms with Gasteiger partial charge in [0.1, 0.15) is 17.4 Å². The van der Waals surface area contributed by atoms with Crippen molar-refractivity contribution in [2.45, 2.75) is 13.3 Å². The second kappa shape index (κ2) is 10.7. The number of amides is 1. The van der Waals surface area contributed by atoms with Gasteiger partial charge in [-0.2, -0.15) is 5.26 Å². The normalized spacial score (nSPS) is 11.1. The molecule has 162 valence electrons. The highest BCUT2D eigenvalue weighted by molar-refractivity contribution is 9.10. The minimum atomic E-state index is -0.537. The van der Waals surface area contributed by atoms with Crippen molar-refractivity contribution in [3.05, 3.63) is 96.9 Å². The van der Waals surface area contributed by atoms with Gasteiger partial charge in [0.15, 0.2) is 0 Å². The van der Waals surface area contributed by atoms with Gasteiger partial charge < -0.3 is 10.1 Å². The van der Waals surface area contributed by atoms with E-state index >= 15 is 0 Å². The van der Waals surface area contributed by atoms with Gasteiger partial charge in [-0.1, -0.05) is 63.4 Å². The molecule has 0 aliphatic rings. The molecule has 0 aliphatic heterocycles. The maximum absolute atomic E-state index is 12.7. The van der Waals surface area contributed by atoms with Crippen LogP contribution in [0.15, 0.2) is 64.6 Å². The average molecular weight is 530 g/mol. The van der Waals surface area contributed by atoms with Gasteiger partial charge in [0, 0.05) is 32.2 Å². The zero-order chi connectivity index (χ0) is 23.3. The first-order valence-electron chi connectivity index (χ1n) is 9.61. The van der Waals surface area contributed by atoms with Gasteiger partial charge in [0.05, 0.1) is 7.11 Å². The topological polar surface area (TPSA) is 62.1 Å². The molecule has 1 N–H and O–H groups in total. The molecule has 0 spiro atoms. The highest BCUT2D eigenvalue weighted by Gasteiger charge is 2.15. The summed E-state index contributed by atoms with van der Waals surface area (Å²) in [5.74, 6) is 0.0353. The summed E-state index contributed by atoms with van der Waals surface area (Å²) in [7, 11) is 1.56. The fourth-order valence-electron chi connectivity index (χ4n) is 3.13. The summed E-state index contributed by atoms with van der Waals surface area (Å²) in [5, 5.41) is 13.3. The van der Waals surface area contributed by atoms with Crippen LogP contribution in [0.25, 0.3) is 6.08 Å². The molecular formula is C25H19BrCl2N2O2. The lowest BCUT2D eigenvalue weighted by Gasteiger charge is -2.13. The lowest BCUT2D eigenvalue weighted by Crippen LogP contribution is -2.14. The molecule has 3 aromatic rings. The van der Waals surface area contributed by atoms with Crippen molar-refractivity contribution in [3.63, 3.8) is 0 Å². The van der Waals surface area contributed by atoms with Crippen LogP contribution in [-0.2, 0) is 11.2 Å². The van der Waals surface area contributed by atoms with Crippen LogP contribution in [0.2, 0.25) is 10.0 Å². The summed E-state index contributed by atoms with van der Waals surface area (Å²) in [5.41, 5.74) is 3.77. The van der Waals surface area contributed by atoms with Gasteiger partial charge in [-0.3, -0.25) is 4.79 Å². The van der Waals surface area contributed by atoms with E-state index in [4.69, 9.17) is 27.9 Å². The monoisotopic (exact) mass is 528 g/mol. The van der Waals surface area contributed by atoms with E-state index in [1.807, 2.05) is 37.3 Å². The zero-order valence-corrected chi connectivity index (χ0v) is 20.5. The molecule has 32 heavy (non-hydrogen) atoms. The number of nitriles is 1. The standard InChI is InChI=1S/C25H19BrCl2N2O2/c1-15-7-8-19(27)13-23(15)30-25(31)18(14-29)9-16-10-22(28)20(24(11-16)32-2)12-17-5-3-4-6-21(17)26/h3-11,13H,12H2,1-2H3,(H,30,31)/b18-9+. The molecule has 0 aromatic heterocycles. The summed E-state index contributed by atoms with van der Waals surface area (Å²) in [6, 6.07) is 18.5. The van der Waals surface area contributed by atoms with Gasteiger partial charge in [-0.25, -0.2) is 0 Å². The SMILES string of the molecule is COc1cc(/C=C(\C#N)C(=O)Nc2cc(Cl)ccc2C)cc(Cl)c1Cc1ccccc1Br. The Kier molecular flexibility index (Phi) is 7.98. The summed E-state index contributed by atoms with van der Waals surface area (Å²) >= 11 is 16.1. The third kappa shape index (κ3) is 5.72. The van der Waals surface area contributed by atoms with Crippen LogP contribution in [0, 0.1) is 18.3 Å². The van der Waals surface area contributed by atoms with Crippen LogP contribution >= 0.6 is 39.1 Å². The van der Waals surface area contributed by atoms with Gasteiger partial charge in [0.25, 0.3) is 5.91 Å². The molecule has 1 amide bonds. The molecular weight excluding hydrogens is 511 g/mol. The first-order valence-corrected chi connectivity index (χ1v) is 11.2. The molecule has 0 fully saturated rings. The molecule has 3 rings (SSSR count). The summed E-state index contributed by atoms with van der Waals surface area (Å²) in [4.78, 5) is 12.7. The van der Waals surface area contributed by atoms with Gasteiger partial charge in [0.2, 0.25) is 0 Å². The quantitative estimate of drug-likeness (QED) is 0.271. The van der Waals surface area contributed by atoms with Crippen molar-refractivity contribution in [2.24, 2.45) is 0 Å². The number of ether oxygens (including phenoxy) is 1. The number of anilines is 1. The van der Waals surface area contributed by atoms with Crippen molar-refractivity contribution in [1.82, 2.24) is 0 Å². The lowest BCUT2D eigenvalue weighted by molar-refractivity contribution is -0.112. The number of carbonyl (C=O) groups is 1. The molecule has 0 atom stereocenters. The van der Waals surface area contributed by atoms with Crippen LogP contribution in [0.1, 0.15) is 22.3 Å². The predicted octanol–water partition coefficient (Wildman–Crippen LogP) is 7.21. The molecule has 0 saturated carbocycles. The van der Waals surface area contributed by atoms with Crippen molar-refractivity contribution in [3.8, 4) is 11.8 Å². The first-order chi connectivity index (χ1) is 15.3. The number of aryl methyl sites for hydroxylation is 1. The van der Waals surface area contributed by atoms with Crippen LogP contribution < -0.4 is 10.1 Å². The number of nitrogens with zero attached hydrogens (tertiary/aromatic N) is 1. The van der Waals surface area contributed by atoms with E-state index in [0.717, 1.165) is 21.2 Å². The number of nitrogens with one attached hydrogen (secondary N) is 1. The van der Waals surface area contributed by atoms with E-state index in [-0.39, 0.29) is 5.57 Å². The lowest BCUT2D eigenvalue weighted by atomic mass is 10.0. The third-order valence-electron chi connectivity index (χ3n) is 4.85. The van der Waals surface area contributed by atoms with Crippen molar-refractivity contribution < 1.29 is 9.53 Å². The van der Waals surface area contributed by atoms with E-state index in [1.165, 1.54) is 6.08 Å². The Balaban J connectivity index is 1.91. The summed E-state index contributed by atoms with van der Waals surface area (Å²) in [6.45, 7) is 1.84. The smallest absolute Gasteiger partial charge is 0.266 e. The molecule has 7 heteroatoms. The molecule has 0 radical (unpaired) electrons. The Morgan fingerprint density at radius 2 is 1.94 bits per heavy atom. The molecule has 0 aliphatic carbocycles. The highest BCUT2D eigenvalue weighted by Crippen LogP contribution is 2.33. The van der Waals surface area contributed by atoms with Crippen LogP contribution in [0.3, 0.4) is 0 Å². The number of hydrogen-bond acceptors (Lipinski definition) is 3. The van der Waals surface area contributed by atoms with Gasteiger partial charge >= 0.3 is 0 Å².